The Kier molecular flexibility index (Phi) is 5.37. The van der Waals surface area contributed by atoms with Crippen LogP contribution in [0.15, 0.2) is 11.3 Å². The monoisotopic (exact) mass is 430 g/mol. The minimum atomic E-state index is -0.280. The molecule has 5 aliphatic rings. The van der Waals surface area contributed by atoms with Crippen LogP contribution in [-0.2, 0) is 9.53 Å². The van der Waals surface area contributed by atoms with Gasteiger partial charge in [0, 0.05) is 30.8 Å². The van der Waals surface area contributed by atoms with Crippen molar-refractivity contribution in [3.8, 4) is 0 Å². The first-order valence-corrected chi connectivity index (χ1v) is 12.9. The van der Waals surface area contributed by atoms with Crippen LogP contribution in [0, 0.1) is 46.3 Å². The number of ketones is 1. The van der Waals surface area contributed by atoms with Gasteiger partial charge in [0.2, 0.25) is 0 Å². The van der Waals surface area contributed by atoms with E-state index in [1.165, 1.54) is 18.4 Å². The quantitative estimate of drug-likeness (QED) is 0.667. The van der Waals surface area contributed by atoms with Gasteiger partial charge in [-0.2, -0.15) is 0 Å². The molecule has 4 heteroatoms. The van der Waals surface area contributed by atoms with Gasteiger partial charge < -0.3 is 14.9 Å². The van der Waals surface area contributed by atoms with Crippen molar-refractivity contribution in [2.24, 2.45) is 46.3 Å². The Hall–Kier alpha value is -0.870. The van der Waals surface area contributed by atoms with E-state index in [1.54, 1.807) is 0 Å². The summed E-state index contributed by atoms with van der Waals surface area (Å²) in [5.74, 6) is 4.23. The maximum Gasteiger partial charge on any atom is 0.140 e. The van der Waals surface area contributed by atoms with E-state index in [2.05, 4.69) is 27.7 Å². The minimum Gasteiger partial charge on any atom is -0.494 e. The number of carbonyl (C=O) groups excluding carboxylic acids is 1. The van der Waals surface area contributed by atoms with Crippen LogP contribution in [0.1, 0.15) is 85.5 Å². The highest BCUT2D eigenvalue weighted by Crippen LogP contribution is 2.68. The summed E-state index contributed by atoms with van der Waals surface area (Å²) in [6.45, 7) is 9.21. The van der Waals surface area contributed by atoms with Gasteiger partial charge in [-0.05, 0) is 92.4 Å². The molecule has 0 aromatic carbocycles. The second-order valence-corrected chi connectivity index (χ2v) is 12.3. The highest BCUT2D eigenvalue weighted by Gasteiger charge is 2.67. The standard InChI is InChI=1S/C27H42O4/c1-15(14-28)5-8-22-16(2)25-23(31-22)12-21-19-7-6-17-11-18(29)9-10-26(17,3)20(19)13-24(30)27(21,25)4/h15,17-21,23,25,28-29H,5-14H2,1-4H3/t15-,17+,18+,19-,20-,21+,23+,25+,26+,27-/m1/s1. The molecular formula is C27H42O4. The summed E-state index contributed by atoms with van der Waals surface area (Å²) in [6, 6.07) is 0. The topological polar surface area (TPSA) is 66.8 Å². The fourth-order valence-corrected chi connectivity index (χ4v) is 8.97. The number of Topliss-reactive ketones (excluding diaryl/α,β-unsaturated/α-hetero) is 1. The molecule has 0 unspecified atom stereocenters. The van der Waals surface area contributed by atoms with Crippen molar-refractivity contribution >= 4 is 5.78 Å². The predicted molar refractivity (Wildman–Crippen MR) is 120 cm³/mol. The summed E-state index contributed by atoms with van der Waals surface area (Å²) in [5.41, 5.74) is 1.25. The van der Waals surface area contributed by atoms with E-state index in [0.29, 0.717) is 29.5 Å². The van der Waals surface area contributed by atoms with Crippen LogP contribution in [0.3, 0.4) is 0 Å². The summed E-state index contributed by atoms with van der Waals surface area (Å²) in [6.07, 6.45) is 8.93. The second kappa shape index (κ2) is 7.58. The van der Waals surface area contributed by atoms with Gasteiger partial charge in [0.1, 0.15) is 11.9 Å². The molecule has 0 aromatic rings. The number of fused-ring (bicyclic) bond motifs is 7. The number of allylic oxidation sites excluding steroid dienone is 1. The average Bonchev–Trinajstić information content (AvgIpc) is 3.22. The first-order valence-electron chi connectivity index (χ1n) is 12.9. The van der Waals surface area contributed by atoms with E-state index in [-0.39, 0.29) is 41.5 Å². The lowest BCUT2D eigenvalue weighted by atomic mass is 9.44. The zero-order valence-electron chi connectivity index (χ0n) is 19.9. The number of aliphatic hydroxyl groups is 2. The van der Waals surface area contributed by atoms with Crippen LogP contribution >= 0.6 is 0 Å². The number of ether oxygens (including phenoxy) is 1. The lowest BCUT2D eigenvalue weighted by Gasteiger charge is -2.60. The van der Waals surface area contributed by atoms with Crippen LogP contribution < -0.4 is 0 Å². The Morgan fingerprint density at radius 1 is 1.16 bits per heavy atom. The van der Waals surface area contributed by atoms with Gasteiger partial charge in [0.05, 0.1) is 11.9 Å². The molecule has 0 saturated heterocycles. The molecule has 174 valence electrons. The van der Waals surface area contributed by atoms with Crippen molar-refractivity contribution in [3.63, 3.8) is 0 Å². The fourth-order valence-electron chi connectivity index (χ4n) is 8.97. The molecule has 31 heavy (non-hydrogen) atoms. The van der Waals surface area contributed by atoms with Gasteiger partial charge in [0.15, 0.2) is 0 Å². The summed E-state index contributed by atoms with van der Waals surface area (Å²) in [7, 11) is 0. The summed E-state index contributed by atoms with van der Waals surface area (Å²) < 4.78 is 6.54. The number of hydrogen-bond donors (Lipinski definition) is 2. The van der Waals surface area contributed by atoms with E-state index < -0.39 is 0 Å². The third-order valence-corrected chi connectivity index (χ3v) is 10.9. The van der Waals surface area contributed by atoms with Crippen LogP contribution in [0.5, 0.6) is 0 Å². The first-order chi connectivity index (χ1) is 14.7. The molecule has 0 bridgehead atoms. The molecular weight excluding hydrogens is 388 g/mol. The lowest BCUT2D eigenvalue weighted by molar-refractivity contribution is -0.158. The van der Waals surface area contributed by atoms with Gasteiger partial charge in [-0.1, -0.05) is 20.8 Å². The molecule has 0 radical (unpaired) electrons. The van der Waals surface area contributed by atoms with Crippen molar-refractivity contribution in [1.29, 1.82) is 0 Å². The van der Waals surface area contributed by atoms with Crippen molar-refractivity contribution < 1.29 is 19.7 Å². The van der Waals surface area contributed by atoms with Crippen LogP contribution in [0.2, 0.25) is 0 Å². The molecule has 5 rings (SSSR count). The van der Waals surface area contributed by atoms with Gasteiger partial charge in [0.25, 0.3) is 0 Å². The predicted octanol–water partition coefficient (Wildman–Crippen LogP) is 4.88. The molecule has 4 nitrogen and oxygen atoms in total. The molecule has 10 atom stereocenters. The van der Waals surface area contributed by atoms with E-state index >= 15 is 0 Å². The van der Waals surface area contributed by atoms with Crippen LogP contribution in [0.25, 0.3) is 0 Å². The SMILES string of the molecule is CC1=C(CC[C@@H](C)CO)O[C@H]2C[C@H]3[C@@H]4CC[C@H]5C[C@@H](O)CC[C@]5(C)[C@@H]4CC(=O)[C@]3(C)[C@@H]12. The van der Waals surface area contributed by atoms with Crippen LogP contribution in [0.4, 0.5) is 0 Å². The molecule has 2 N–H and O–H groups in total. The maximum absolute atomic E-state index is 13.9. The van der Waals surface area contributed by atoms with E-state index in [4.69, 9.17) is 4.74 Å². The van der Waals surface area contributed by atoms with Gasteiger partial charge in [-0.15, -0.1) is 0 Å². The largest absolute Gasteiger partial charge is 0.494 e. The highest BCUT2D eigenvalue weighted by molar-refractivity contribution is 5.87. The van der Waals surface area contributed by atoms with Crippen molar-refractivity contribution in [1.82, 2.24) is 0 Å². The number of carbonyl (C=O) groups is 1. The van der Waals surface area contributed by atoms with Crippen molar-refractivity contribution in [2.45, 2.75) is 97.7 Å². The molecule has 4 saturated carbocycles. The Balaban J connectivity index is 1.41. The molecule has 4 aliphatic carbocycles. The fraction of sp³-hybridized carbons (Fsp3) is 0.889. The number of rotatable bonds is 4. The zero-order valence-corrected chi connectivity index (χ0v) is 19.9. The molecule has 4 fully saturated rings. The Morgan fingerprint density at radius 3 is 2.68 bits per heavy atom. The Labute approximate surface area is 187 Å². The first kappa shape index (κ1) is 21.9. The Morgan fingerprint density at radius 2 is 1.94 bits per heavy atom. The molecule has 0 spiro atoms. The van der Waals surface area contributed by atoms with Crippen molar-refractivity contribution in [2.75, 3.05) is 6.61 Å². The minimum absolute atomic E-state index is 0.141. The normalized spacial score (nSPS) is 49.7. The zero-order chi connectivity index (χ0) is 22.1. The molecule has 0 aromatic heterocycles. The van der Waals surface area contributed by atoms with E-state index in [9.17, 15) is 15.0 Å². The third kappa shape index (κ3) is 3.10. The maximum atomic E-state index is 13.9. The molecule has 1 heterocycles. The van der Waals surface area contributed by atoms with Gasteiger partial charge in [-0.3, -0.25) is 4.79 Å². The molecule has 1 aliphatic heterocycles. The lowest BCUT2D eigenvalue weighted by Crippen LogP contribution is -2.57. The Bertz CT molecular complexity index is 773. The number of hydrogen-bond acceptors (Lipinski definition) is 4. The van der Waals surface area contributed by atoms with E-state index in [0.717, 1.165) is 50.7 Å². The number of aliphatic hydroxyl groups excluding tert-OH is 2. The summed E-state index contributed by atoms with van der Waals surface area (Å²) >= 11 is 0. The summed E-state index contributed by atoms with van der Waals surface area (Å²) in [5, 5.41) is 19.6. The smallest absolute Gasteiger partial charge is 0.140 e. The van der Waals surface area contributed by atoms with Crippen molar-refractivity contribution in [3.05, 3.63) is 11.3 Å². The van der Waals surface area contributed by atoms with Gasteiger partial charge in [-0.25, -0.2) is 0 Å². The van der Waals surface area contributed by atoms with Crippen LogP contribution in [-0.4, -0.2) is 34.8 Å². The van der Waals surface area contributed by atoms with E-state index in [1.807, 2.05) is 0 Å². The second-order valence-electron chi connectivity index (χ2n) is 12.3. The third-order valence-electron chi connectivity index (χ3n) is 10.9. The molecule has 0 amide bonds. The highest BCUT2D eigenvalue weighted by atomic mass is 16.5. The average molecular weight is 431 g/mol. The summed E-state index contributed by atoms with van der Waals surface area (Å²) in [4.78, 5) is 13.9. The van der Waals surface area contributed by atoms with Gasteiger partial charge >= 0.3 is 0 Å².